The normalized spacial score (nSPS) is 16.6. The molecule has 0 radical (unpaired) electrons. The van der Waals surface area contributed by atoms with Gasteiger partial charge in [0.15, 0.2) is 5.69 Å². The van der Waals surface area contributed by atoms with Gasteiger partial charge in [-0.1, -0.05) is 0 Å². The molecule has 1 amide bonds. The Morgan fingerprint density at radius 1 is 1.21 bits per heavy atom. The number of amides is 1. The van der Waals surface area contributed by atoms with E-state index >= 15 is 0 Å². The third-order valence-corrected chi connectivity index (χ3v) is 4.18. The first kappa shape index (κ1) is 14.6. The van der Waals surface area contributed by atoms with Gasteiger partial charge in [-0.2, -0.15) is 5.10 Å². The molecule has 1 N–H and O–H groups in total. The zero-order chi connectivity index (χ0) is 16.5. The number of halogens is 1. The first-order chi connectivity index (χ1) is 11.7. The molecule has 0 saturated carbocycles. The van der Waals surface area contributed by atoms with Crippen molar-refractivity contribution >= 4 is 5.91 Å². The Morgan fingerprint density at radius 3 is 2.88 bits per heavy atom. The smallest absolute Gasteiger partial charge is 0.272 e. The molecular weight excluding hydrogens is 309 g/mol. The lowest BCUT2D eigenvalue weighted by atomic mass is 10.1. The van der Waals surface area contributed by atoms with Gasteiger partial charge in [-0.15, -0.1) is 0 Å². The number of carbonyl (C=O) groups is 1. The number of rotatable bonds is 3. The topological polar surface area (TPSA) is 64.7 Å². The molecule has 24 heavy (non-hydrogen) atoms. The monoisotopic (exact) mass is 325 g/mol. The van der Waals surface area contributed by atoms with E-state index in [0.29, 0.717) is 11.4 Å². The molecule has 0 unspecified atom stereocenters. The van der Waals surface area contributed by atoms with Gasteiger partial charge in [-0.05, 0) is 36.8 Å². The Hall–Kier alpha value is -2.96. The van der Waals surface area contributed by atoms with Crippen molar-refractivity contribution in [3.8, 4) is 5.69 Å². The van der Waals surface area contributed by atoms with Crippen molar-refractivity contribution < 1.29 is 9.18 Å². The average Bonchev–Trinajstić information content (AvgIpc) is 3.24. The fourth-order valence-electron chi connectivity index (χ4n) is 2.93. The summed E-state index contributed by atoms with van der Waals surface area (Å²) in [5, 5.41) is 7.29. The van der Waals surface area contributed by atoms with Crippen molar-refractivity contribution in [1.29, 1.82) is 0 Å². The Bertz CT molecular complexity index is 867. The number of benzene rings is 1. The summed E-state index contributed by atoms with van der Waals surface area (Å²) in [5.74, 6) is 0.547. The van der Waals surface area contributed by atoms with Crippen LogP contribution >= 0.6 is 0 Å². The third-order valence-electron chi connectivity index (χ3n) is 4.18. The highest BCUT2D eigenvalue weighted by Crippen LogP contribution is 2.14. The highest BCUT2D eigenvalue weighted by molar-refractivity contribution is 5.92. The number of fused-ring (bicyclic) bond motifs is 1. The minimum atomic E-state index is -0.306. The second-order valence-corrected chi connectivity index (χ2v) is 5.83. The van der Waals surface area contributed by atoms with Crippen LogP contribution in [0.3, 0.4) is 0 Å². The lowest BCUT2D eigenvalue weighted by molar-refractivity contribution is 0.0922. The number of carbonyl (C=O) groups excluding carboxylic acids is 1. The van der Waals surface area contributed by atoms with E-state index < -0.39 is 0 Å². The van der Waals surface area contributed by atoms with Crippen molar-refractivity contribution in [2.75, 3.05) is 0 Å². The van der Waals surface area contributed by atoms with Crippen LogP contribution < -0.4 is 5.32 Å². The number of aryl methyl sites for hydroxylation is 1. The van der Waals surface area contributed by atoms with Crippen LogP contribution in [0.5, 0.6) is 0 Å². The van der Waals surface area contributed by atoms with Crippen molar-refractivity contribution in [1.82, 2.24) is 24.6 Å². The summed E-state index contributed by atoms with van der Waals surface area (Å²) in [7, 11) is 0. The summed E-state index contributed by atoms with van der Waals surface area (Å²) in [6, 6.07) is 7.68. The first-order valence-electron chi connectivity index (χ1n) is 7.81. The lowest BCUT2D eigenvalue weighted by Gasteiger charge is -2.24. The van der Waals surface area contributed by atoms with E-state index in [1.54, 1.807) is 35.3 Å². The highest BCUT2D eigenvalue weighted by atomic mass is 19.1. The molecule has 3 heterocycles. The zero-order valence-corrected chi connectivity index (χ0v) is 12.9. The number of imidazole rings is 1. The van der Waals surface area contributed by atoms with Crippen LogP contribution in [0.1, 0.15) is 22.7 Å². The van der Waals surface area contributed by atoms with Crippen LogP contribution in [0.4, 0.5) is 4.39 Å². The Kier molecular flexibility index (Phi) is 3.60. The van der Waals surface area contributed by atoms with E-state index in [0.717, 1.165) is 25.2 Å². The van der Waals surface area contributed by atoms with Gasteiger partial charge in [0.2, 0.25) is 0 Å². The van der Waals surface area contributed by atoms with Gasteiger partial charge in [0, 0.05) is 37.6 Å². The second-order valence-electron chi connectivity index (χ2n) is 5.83. The number of hydrogen-bond acceptors (Lipinski definition) is 3. The fourth-order valence-corrected chi connectivity index (χ4v) is 2.93. The van der Waals surface area contributed by atoms with E-state index in [9.17, 15) is 9.18 Å². The third kappa shape index (κ3) is 2.80. The molecular formula is C17H16FN5O. The minimum absolute atomic E-state index is 0.0650. The molecule has 6 nitrogen and oxygen atoms in total. The molecule has 0 saturated heterocycles. The summed E-state index contributed by atoms with van der Waals surface area (Å²) >= 11 is 0. The maximum absolute atomic E-state index is 13.0. The summed E-state index contributed by atoms with van der Waals surface area (Å²) in [4.78, 5) is 16.7. The van der Waals surface area contributed by atoms with E-state index in [-0.39, 0.29) is 17.8 Å². The summed E-state index contributed by atoms with van der Waals surface area (Å²) in [5.41, 5.74) is 1.05. The maximum Gasteiger partial charge on any atom is 0.272 e. The molecule has 0 bridgehead atoms. The van der Waals surface area contributed by atoms with Crippen molar-refractivity contribution in [2.24, 2.45) is 0 Å². The van der Waals surface area contributed by atoms with E-state index in [2.05, 4.69) is 20.0 Å². The molecule has 1 atom stereocenters. The predicted molar refractivity (Wildman–Crippen MR) is 85.3 cm³/mol. The van der Waals surface area contributed by atoms with E-state index in [1.807, 2.05) is 6.20 Å². The number of hydrogen-bond donors (Lipinski definition) is 1. The lowest BCUT2D eigenvalue weighted by Crippen LogP contribution is -2.41. The van der Waals surface area contributed by atoms with Crippen molar-refractivity contribution in [3.05, 3.63) is 66.3 Å². The average molecular weight is 325 g/mol. The first-order valence-corrected chi connectivity index (χ1v) is 7.81. The van der Waals surface area contributed by atoms with E-state index in [1.165, 1.54) is 12.1 Å². The highest BCUT2D eigenvalue weighted by Gasteiger charge is 2.21. The molecule has 1 aliphatic rings. The summed E-state index contributed by atoms with van der Waals surface area (Å²) in [6.07, 6.45) is 7.11. The largest absolute Gasteiger partial charge is 0.346 e. The fraction of sp³-hybridized carbons (Fsp3) is 0.235. The number of nitrogens with zero attached hydrogens (tertiary/aromatic N) is 4. The summed E-state index contributed by atoms with van der Waals surface area (Å²) in [6.45, 7) is 0.722. The minimum Gasteiger partial charge on any atom is -0.346 e. The molecule has 0 aliphatic carbocycles. The van der Waals surface area contributed by atoms with Crippen LogP contribution in [-0.2, 0) is 13.0 Å². The van der Waals surface area contributed by atoms with Crippen LogP contribution in [-0.4, -0.2) is 31.3 Å². The number of nitrogens with one attached hydrogen (secondary N) is 1. The van der Waals surface area contributed by atoms with Crippen LogP contribution in [0.15, 0.2) is 48.9 Å². The van der Waals surface area contributed by atoms with Gasteiger partial charge in [0.05, 0.1) is 5.69 Å². The molecule has 0 fully saturated rings. The van der Waals surface area contributed by atoms with Gasteiger partial charge in [0.25, 0.3) is 5.91 Å². The van der Waals surface area contributed by atoms with Gasteiger partial charge in [-0.25, -0.2) is 14.1 Å². The van der Waals surface area contributed by atoms with Crippen molar-refractivity contribution in [2.45, 2.75) is 25.4 Å². The van der Waals surface area contributed by atoms with Crippen LogP contribution in [0.2, 0.25) is 0 Å². The van der Waals surface area contributed by atoms with Gasteiger partial charge in [-0.3, -0.25) is 4.79 Å². The Balaban J connectivity index is 1.45. The quantitative estimate of drug-likeness (QED) is 0.800. The molecule has 2 aromatic heterocycles. The standard InChI is InChI=1S/C17H16FN5O/c18-12-1-4-14(5-2-12)23-9-7-15(21-23)17(24)20-13-3-6-16-19-8-10-22(16)11-13/h1-2,4-5,7-10,13H,3,6,11H2,(H,20,24)/t13-/m0/s1. The Labute approximate surface area is 137 Å². The Morgan fingerprint density at radius 2 is 2.04 bits per heavy atom. The second kappa shape index (κ2) is 5.92. The van der Waals surface area contributed by atoms with Crippen molar-refractivity contribution in [3.63, 3.8) is 0 Å². The van der Waals surface area contributed by atoms with Crippen LogP contribution in [0, 0.1) is 5.82 Å². The molecule has 0 spiro atoms. The predicted octanol–water partition coefficient (Wildman–Crippen LogP) is 1.95. The molecule has 1 aromatic carbocycles. The van der Waals surface area contributed by atoms with Crippen LogP contribution in [0.25, 0.3) is 5.69 Å². The molecule has 1 aliphatic heterocycles. The number of aromatic nitrogens is 4. The van der Waals surface area contributed by atoms with Gasteiger partial charge >= 0.3 is 0 Å². The van der Waals surface area contributed by atoms with Gasteiger partial charge < -0.3 is 9.88 Å². The van der Waals surface area contributed by atoms with Gasteiger partial charge in [0.1, 0.15) is 11.6 Å². The molecule has 122 valence electrons. The van der Waals surface area contributed by atoms with E-state index in [4.69, 9.17) is 0 Å². The maximum atomic E-state index is 13.0. The molecule has 4 rings (SSSR count). The zero-order valence-electron chi connectivity index (χ0n) is 12.9. The molecule has 7 heteroatoms. The summed E-state index contributed by atoms with van der Waals surface area (Å²) < 4.78 is 16.6. The SMILES string of the molecule is O=C(N[C@H]1CCc2nccn2C1)c1ccn(-c2ccc(F)cc2)n1. The molecule has 3 aromatic rings.